The fraction of sp³-hybridized carbons (Fsp3) is 0.333. The number of hydrogen-bond donors (Lipinski definition) is 0. The van der Waals surface area contributed by atoms with E-state index in [-0.39, 0.29) is 0 Å². The average Bonchev–Trinajstić information content (AvgIpc) is 2.44. The first-order chi connectivity index (χ1) is 9.28. The SMILES string of the molecule is CCCCCc1ccc(Sc2ccc(C)cc2)cc1. The van der Waals surface area contributed by atoms with Gasteiger partial charge in [0.25, 0.3) is 0 Å². The standard InChI is InChI=1S/C18H22S/c1-3-4-5-6-16-9-13-18(14-10-16)19-17-11-7-15(2)8-12-17/h7-14H,3-6H2,1-2H3. The Labute approximate surface area is 121 Å². The highest BCUT2D eigenvalue weighted by molar-refractivity contribution is 7.99. The van der Waals surface area contributed by atoms with Gasteiger partial charge in [-0.05, 0) is 49.6 Å². The number of aryl methyl sites for hydroxylation is 2. The van der Waals surface area contributed by atoms with Crippen molar-refractivity contribution in [2.75, 3.05) is 0 Å². The molecule has 0 spiro atoms. The highest BCUT2D eigenvalue weighted by Gasteiger charge is 1.98. The molecule has 0 bridgehead atoms. The van der Waals surface area contributed by atoms with Gasteiger partial charge in [-0.2, -0.15) is 0 Å². The Kier molecular flexibility index (Phi) is 5.53. The summed E-state index contributed by atoms with van der Waals surface area (Å²) in [5, 5.41) is 0. The van der Waals surface area contributed by atoms with Crippen molar-refractivity contribution in [1.29, 1.82) is 0 Å². The largest absolute Gasteiger partial charge is 0.0901 e. The third kappa shape index (κ3) is 4.76. The Hall–Kier alpha value is -1.21. The van der Waals surface area contributed by atoms with E-state index in [1.54, 1.807) is 0 Å². The molecule has 0 aromatic heterocycles. The normalized spacial score (nSPS) is 10.6. The van der Waals surface area contributed by atoms with E-state index < -0.39 is 0 Å². The zero-order valence-corrected chi connectivity index (χ0v) is 12.7. The van der Waals surface area contributed by atoms with Gasteiger partial charge in [0.15, 0.2) is 0 Å². The molecule has 19 heavy (non-hydrogen) atoms. The molecule has 0 saturated heterocycles. The van der Waals surface area contributed by atoms with E-state index >= 15 is 0 Å². The topological polar surface area (TPSA) is 0 Å². The van der Waals surface area contributed by atoms with E-state index in [1.807, 2.05) is 11.8 Å². The Bertz CT molecular complexity index is 482. The minimum absolute atomic E-state index is 1.21. The first-order valence-electron chi connectivity index (χ1n) is 7.11. The summed E-state index contributed by atoms with van der Waals surface area (Å²) < 4.78 is 0. The third-order valence-corrected chi connectivity index (χ3v) is 4.26. The van der Waals surface area contributed by atoms with E-state index in [0.29, 0.717) is 0 Å². The molecule has 0 aliphatic heterocycles. The molecule has 0 fully saturated rings. The van der Waals surface area contributed by atoms with Gasteiger partial charge in [0.1, 0.15) is 0 Å². The van der Waals surface area contributed by atoms with Gasteiger partial charge < -0.3 is 0 Å². The molecule has 0 aliphatic carbocycles. The second-order valence-electron chi connectivity index (χ2n) is 5.02. The van der Waals surface area contributed by atoms with Crippen molar-refractivity contribution in [3.8, 4) is 0 Å². The highest BCUT2D eigenvalue weighted by Crippen LogP contribution is 2.28. The van der Waals surface area contributed by atoms with Crippen molar-refractivity contribution in [1.82, 2.24) is 0 Å². The maximum atomic E-state index is 2.27. The van der Waals surface area contributed by atoms with Crippen LogP contribution in [0.1, 0.15) is 37.3 Å². The molecular weight excluding hydrogens is 248 g/mol. The summed E-state index contributed by atoms with van der Waals surface area (Å²) in [5.74, 6) is 0. The van der Waals surface area contributed by atoms with Crippen molar-refractivity contribution >= 4 is 11.8 Å². The van der Waals surface area contributed by atoms with Crippen LogP contribution in [-0.2, 0) is 6.42 Å². The Morgan fingerprint density at radius 3 is 1.95 bits per heavy atom. The van der Waals surface area contributed by atoms with Gasteiger partial charge in [-0.3, -0.25) is 0 Å². The molecule has 2 rings (SSSR count). The fourth-order valence-corrected chi connectivity index (χ4v) is 2.86. The molecule has 0 saturated carbocycles. The molecule has 1 heteroatoms. The monoisotopic (exact) mass is 270 g/mol. The van der Waals surface area contributed by atoms with E-state index in [1.165, 1.54) is 46.6 Å². The lowest BCUT2D eigenvalue weighted by Gasteiger charge is -2.04. The number of rotatable bonds is 6. The van der Waals surface area contributed by atoms with Gasteiger partial charge in [-0.1, -0.05) is 61.4 Å². The fourth-order valence-electron chi connectivity index (χ4n) is 2.05. The first kappa shape index (κ1) is 14.2. The van der Waals surface area contributed by atoms with Crippen molar-refractivity contribution in [2.45, 2.75) is 49.3 Å². The molecule has 0 heterocycles. The smallest absolute Gasteiger partial charge is 0.0122 e. The summed E-state index contributed by atoms with van der Waals surface area (Å²) in [7, 11) is 0. The van der Waals surface area contributed by atoms with Crippen LogP contribution in [0.5, 0.6) is 0 Å². The lowest BCUT2D eigenvalue weighted by atomic mass is 10.1. The quantitative estimate of drug-likeness (QED) is 0.591. The van der Waals surface area contributed by atoms with Crippen LogP contribution in [-0.4, -0.2) is 0 Å². The minimum atomic E-state index is 1.21. The summed E-state index contributed by atoms with van der Waals surface area (Å²) in [6, 6.07) is 17.7. The van der Waals surface area contributed by atoms with Gasteiger partial charge in [0.05, 0.1) is 0 Å². The highest BCUT2D eigenvalue weighted by atomic mass is 32.2. The molecule has 100 valence electrons. The molecular formula is C18H22S. The van der Waals surface area contributed by atoms with Crippen LogP contribution in [0.4, 0.5) is 0 Å². The molecule has 0 radical (unpaired) electrons. The van der Waals surface area contributed by atoms with Crippen LogP contribution in [0, 0.1) is 6.92 Å². The summed E-state index contributed by atoms with van der Waals surface area (Å²) in [5.41, 5.74) is 2.78. The van der Waals surface area contributed by atoms with Crippen molar-refractivity contribution in [2.24, 2.45) is 0 Å². The molecule has 0 aliphatic rings. The van der Waals surface area contributed by atoms with Crippen molar-refractivity contribution < 1.29 is 0 Å². The molecule has 0 nitrogen and oxygen atoms in total. The van der Waals surface area contributed by atoms with E-state index in [4.69, 9.17) is 0 Å². The van der Waals surface area contributed by atoms with Gasteiger partial charge >= 0.3 is 0 Å². The zero-order chi connectivity index (χ0) is 13.5. The number of unbranched alkanes of at least 4 members (excludes halogenated alkanes) is 2. The number of hydrogen-bond acceptors (Lipinski definition) is 1. The van der Waals surface area contributed by atoms with E-state index in [9.17, 15) is 0 Å². The summed E-state index contributed by atoms with van der Waals surface area (Å²) >= 11 is 1.83. The predicted molar refractivity (Wildman–Crippen MR) is 85.0 cm³/mol. The lowest BCUT2D eigenvalue weighted by molar-refractivity contribution is 0.717. The van der Waals surface area contributed by atoms with Gasteiger partial charge in [0, 0.05) is 9.79 Å². The molecule has 0 unspecified atom stereocenters. The first-order valence-corrected chi connectivity index (χ1v) is 7.93. The minimum Gasteiger partial charge on any atom is -0.0901 e. The predicted octanol–water partition coefficient (Wildman–Crippen LogP) is 5.88. The second kappa shape index (κ2) is 7.40. The molecule has 0 amide bonds. The molecule has 2 aromatic rings. The van der Waals surface area contributed by atoms with E-state index in [0.717, 1.165) is 0 Å². The van der Waals surface area contributed by atoms with E-state index in [2.05, 4.69) is 62.4 Å². The van der Waals surface area contributed by atoms with Crippen molar-refractivity contribution in [3.05, 3.63) is 59.7 Å². The second-order valence-corrected chi connectivity index (χ2v) is 6.16. The Morgan fingerprint density at radius 2 is 1.37 bits per heavy atom. The van der Waals surface area contributed by atoms with Crippen LogP contribution in [0.15, 0.2) is 58.3 Å². The van der Waals surface area contributed by atoms with Crippen LogP contribution in [0.2, 0.25) is 0 Å². The molecule has 2 aromatic carbocycles. The average molecular weight is 270 g/mol. The lowest BCUT2D eigenvalue weighted by Crippen LogP contribution is -1.85. The summed E-state index contributed by atoms with van der Waals surface area (Å²) in [6.45, 7) is 4.38. The van der Waals surface area contributed by atoms with Crippen LogP contribution >= 0.6 is 11.8 Å². The summed E-state index contributed by atoms with van der Waals surface area (Å²) in [6.07, 6.45) is 5.14. The van der Waals surface area contributed by atoms with Crippen LogP contribution < -0.4 is 0 Å². The Balaban J connectivity index is 1.92. The van der Waals surface area contributed by atoms with Gasteiger partial charge in [-0.25, -0.2) is 0 Å². The third-order valence-electron chi connectivity index (χ3n) is 3.25. The van der Waals surface area contributed by atoms with Gasteiger partial charge in [-0.15, -0.1) is 0 Å². The zero-order valence-electron chi connectivity index (χ0n) is 11.9. The van der Waals surface area contributed by atoms with Gasteiger partial charge in [0.2, 0.25) is 0 Å². The number of benzene rings is 2. The maximum absolute atomic E-state index is 2.27. The summed E-state index contributed by atoms with van der Waals surface area (Å²) in [4.78, 5) is 2.63. The maximum Gasteiger partial charge on any atom is 0.0122 e. The van der Waals surface area contributed by atoms with Crippen LogP contribution in [0.3, 0.4) is 0 Å². The van der Waals surface area contributed by atoms with Crippen molar-refractivity contribution in [3.63, 3.8) is 0 Å². The van der Waals surface area contributed by atoms with Crippen LogP contribution in [0.25, 0.3) is 0 Å². The molecule has 0 N–H and O–H groups in total. The Morgan fingerprint density at radius 1 is 0.789 bits per heavy atom. The molecule has 0 atom stereocenters.